The van der Waals surface area contributed by atoms with Gasteiger partial charge < -0.3 is 29.7 Å². The summed E-state index contributed by atoms with van der Waals surface area (Å²) in [4.78, 5) is 25.4. The highest BCUT2D eigenvalue weighted by molar-refractivity contribution is 5.68. The summed E-state index contributed by atoms with van der Waals surface area (Å²) in [5.41, 5.74) is 2.52. The Kier molecular flexibility index (Phi) is 9.02. The summed E-state index contributed by atoms with van der Waals surface area (Å²) in [6.45, 7) is 6.48. The zero-order valence-electron chi connectivity index (χ0n) is 20.6. The highest BCUT2D eigenvalue weighted by Gasteiger charge is 2.40. The molecule has 34 heavy (non-hydrogen) atoms. The van der Waals surface area contributed by atoms with Crippen LogP contribution in [0.4, 0.5) is 4.79 Å². The Morgan fingerprint density at radius 3 is 2.53 bits per heavy atom. The monoisotopic (exact) mass is 478 g/mol. The Hall–Kier alpha value is -2.52. The van der Waals surface area contributed by atoms with Crippen LogP contribution in [0.5, 0.6) is 11.5 Å². The molecule has 9 nitrogen and oxygen atoms in total. The number of benzene rings is 1. The van der Waals surface area contributed by atoms with Crippen molar-refractivity contribution in [2.24, 2.45) is 17.8 Å². The van der Waals surface area contributed by atoms with E-state index in [4.69, 9.17) is 19.3 Å². The van der Waals surface area contributed by atoms with E-state index >= 15 is 0 Å². The van der Waals surface area contributed by atoms with E-state index in [0.29, 0.717) is 11.8 Å². The first-order valence-corrected chi connectivity index (χ1v) is 12.0. The SMILES string of the molecule is COc1cc2c(cc1OC)C1CC(COC(=O)NCC(O)CC(=O)O)C(CC(C)C)CN1CC2. The molecule has 0 bridgehead atoms. The minimum Gasteiger partial charge on any atom is -0.493 e. The molecule has 2 aliphatic heterocycles. The maximum Gasteiger partial charge on any atom is 0.407 e. The van der Waals surface area contributed by atoms with Crippen LogP contribution in [-0.2, 0) is 16.0 Å². The molecular formula is C25H38N2O7. The van der Waals surface area contributed by atoms with E-state index in [1.54, 1.807) is 14.2 Å². The van der Waals surface area contributed by atoms with Gasteiger partial charge in [-0.3, -0.25) is 9.69 Å². The number of hydrogen-bond acceptors (Lipinski definition) is 7. The Morgan fingerprint density at radius 2 is 1.88 bits per heavy atom. The molecule has 0 aliphatic carbocycles. The van der Waals surface area contributed by atoms with Gasteiger partial charge in [-0.25, -0.2) is 4.79 Å². The molecule has 9 heteroatoms. The molecular weight excluding hydrogens is 440 g/mol. The lowest BCUT2D eigenvalue weighted by Crippen LogP contribution is -2.47. The largest absolute Gasteiger partial charge is 0.493 e. The molecule has 2 heterocycles. The number of aliphatic hydroxyl groups is 1. The van der Waals surface area contributed by atoms with Gasteiger partial charge in [0.05, 0.1) is 33.4 Å². The molecule has 3 N–H and O–H groups in total. The number of nitrogens with one attached hydrogen (secondary N) is 1. The van der Waals surface area contributed by atoms with Crippen molar-refractivity contribution in [2.45, 2.75) is 51.7 Å². The van der Waals surface area contributed by atoms with Gasteiger partial charge in [-0.05, 0) is 60.3 Å². The second-order valence-corrected chi connectivity index (χ2v) is 9.78. The predicted molar refractivity (Wildman–Crippen MR) is 126 cm³/mol. The smallest absolute Gasteiger partial charge is 0.407 e. The summed E-state index contributed by atoms with van der Waals surface area (Å²) in [7, 11) is 3.29. The normalized spacial score (nSPS) is 22.9. The maximum atomic E-state index is 12.2. The standard InChI is InChI=1S/C25H38N2O7/c1-15(2)7-17-13-27-6-5-16-9-22(32-3)23(33-4)11-20(16)21(27)8-18(17)14-34-25(31)26-12-19(28)10-24(29)30/h9,11,15,17-19,21,28H,5-8,10,12-14H2,1-4H3,(H,26,31)(H,29,30). The van der Waals surface area contributed by atoms with Crippen molar-refractivity contribution in [3.63, 3.8) is 0 Å². The van der Waals surface area contributed by atoms with Gasteiger partial charge in [0.1, 0.15) is 0 Å². The Labute approximate surface area is 201 Å². The molecule has 0 spiro atoms. The van der Waals surface area contributed by atoms with E-state index < -0.39 is 24.6 Å². The molecule has 0 radical (unpaired) electrons. The van der Waals surface area contributed by atoms with E-state index in [9.17, 15) is 14.7 Å². The number of hydrogen-bond donors (Lipinski definition) is 3. The number of aliphatic carboxylic acids is 1. The van der Waals surface area contributed by atoms with Gasteiger partial charge in [0.25, 0.3) is 0 Å². The van der Waals surface area contributed by atoms with E-state index in [0.717, 1.165) is 43.9 Å². The fourth-order valence-corrected chi connectivity index (χ4v) is 5.29. The summed E-state index contributed by atoms with van der Waals surface area (Å²) in [6, 6.07) is 4.39. The van der Waals surface area contributed by atoms with Crippen molar-refractivity contribution in [3.05, 3.63) is 23.3 Å². The second-order valence-electron chi connectivity index (χ2n) is 9.78. The number of methoxy groups -OCH3 is 2. The van der Waals surface area contributed by atoms with Crippen molar-refractivity contribution >= 4 is 12.1 Å². The van der Waals surface area contributed by atoms with Crippen LogP contribution >= 0.6 is 0 Å². The fourth-order valence-electron chi connectivity index (χ4n) is 5.29. The van der Waals surface area contributed by atoms with Crippen molar-refractivity contribution in [1.82, 2.24) is 10.2 Å². The third-order valence-corrected chi connectivity index (χ3v) is 6.87. The van der Waals surface area contributed by atoms with E-state index in [1.165, 1.54) is 11.1 Å². The van der Waals surface area contributed by atoms with Gasteiger partial charge in [-0.1, -0.05) is 13.8 Å². The molecule has 1 saturated heterocycles. The zero-order chi connectivity index (χ0) is 24.8. The van der Waals surface area contributed by atoms with Crippen molar-refractivity contribution in [1.29, 1.82) is 0 Å². The lowest BCUT2D eigenvalue weighted by molar-refractivity contribution is -0.139. The molecule has 0 saturated carbocycles. The molecule has 1 amide bonds. The number of nitrogens with zero attached hydrogens (tertiary/aromatic N) is 1. The number of amides is 1. The number of carboxylic acid groups (broad SMARTS) is 1. The van der Waals surface area contributed by atoms with Crippen LogP contribution < -0.4 is 14.8 Å². The maximum absolute atomic E-state index is 12.2. The van der Waals surface area contributed by atoms with Crippen LogP contribution in [0.1, 0.15) is 50.3 Å². The lowest BCUT2D eigenvalue weighted by Gasteiger charge is -2.47. The zero-order valence-corrected chi connectivity index (χ0v) is 20.6. The second kappa shape index (κ2) is 11.8. The molecule has 2 aliphatic rings. The fraction of sp³-hybridized carbons (Fsp3) is 0.680. The van der Waals surface area contributed by atoms with E-state index in [-0.39, 0.29) is 25.1 Å². The molecule has 1 aromatic rings. The summed E-state index contributed by atoms with van der Waals surface area (Å²) in [5, 5.41) is 20.8. The first-order valence-electron chi connectivity index (χ1n) is 12.0. The predicted octanol–water partition coefficient (Wildman–Crippen LogP) is 2.85. The van der Waals surface area contributed by atoms with Gasteiger partial charge in [-0.15, -0.1) is 0 Å². The average molecular weight is 479 g/mol. The molecule has 190 valence electrons. The number of aliphatic hydroxyl groups excluding tert-OH is 1. The van der Waals surface area contributed by atoms with Gasteiger partial charge in [0.2, 0.25) is 0 Å². The summed E-state index contributed by atoms with van der Waals surface area (Å²) < 4.78 is 16.6. The molecule has 0 aromatic heterocycles. The first-order chi connectivity index (χ1) is 16.2. The minimum atomic E-state index is -1.15. The summed E-state index contributed by atoms with van der Waals surface area (Å²) in [6.07, 6.45) is 0.676. The van der Waals surface area contributed by atoms with Crippen molar-refractivity contribution in [3.8, 4) is 11.5 Å². The van der Waals surface area contributed by atoms with Crippen LogP contribution in [-0.4, -0.2) is 73.7 Å². The summed E-state index contributed by atoms with van der Waals surface area (Å²) in [5.74, 6) is 1.48. The minimum absolute atomic E-state index is 0.156. The van der Waals surface area contributed by atoms with Gasteiger partial charge >= 0.3 is 12.1 Å². The highest BCUT2D eigenvalue weighted by atomic mass is 16.5. The van der Waals surface area contributed by atoms with Gasteiger partial charge in [0.15, 0.2) is 11.5 Å². The molecule has 3 rings (SSSR count). The van der Waals surface area contributed by atoms with E-state index in [2.05, 4.69) is 36.2 Å². The van der Waals surface area contributed by atoms with Crippen LogP contribution in [0.2, 0.25) is 0 Å². The Morgan fingerprint density at radius 1 is 1.18 bits per heavy atom. The van der Waals surface area contributed by atoms with Crippen molar-refractivity contribution in [2.75, 3.05) is 40.5 Å². The van der Waals surface area contributed by atoms with Crippen molar-refractivity contribution < 1.29 is 34.0 Å². The molecule has 1 fully saturated rings. The topological polar surface area (TPSA) is 118 Å². The number of carboxylic acids is 1. The van der Waals surface area contributed by atoms with Crippen LogP contribution in [0.15, 0.2) is 12.1 Å². The summed E-state index contributed by atoms with van der Waals surface area (Å²) >= 11 is 0. The van der Waals surface area contributed by atoms with Gasteiger partial charge in [-0.2, -0.15) is 0 Å². The highest BCUT2D eigenvalue weighted by Crippen LogP contribution is 2.45. The molecule has 1 aromatic carbocycles. The van der Waals surface area contributed by atoms with Crippen LogP contribution in [0.3, 0.4) is 0 Å². The Balaban J connectivity index is 1.69. The van der Waals surface area contributed by atoms with E-state index in [1.807, 2.05) is 0 Å². The number of piperidine rings is 1. The Bertz CT molecular complexity index is 860. The third kappa shape index (κ3) is 6.54. The van der Waals surface area contributed by atoms with Crippen LogP contribution in [0.25, 0.3) is 0 Å². The first kappa shape index (κ1) is 26.1. The molecule has 4 atom stereocenters. The van der Waals surface area contributed by atoms with Crippen LogP contribution in [0, 0.1) is 17.8 Å². The lowest BCUT2D eigenvalue weighted by atomic mass is 9.74. The number of carbonyl (C=O) groups excluding carboxylic acids is 1. The number of ether oxygens (including phenoxy) is 3. The quantitative estimate of drug-likeness (QED) is 0.470. The number of rotatable bonds is 10. The van der Waals surface area contributed by atoms with Gasteiger partial charge in [0, 0.05) is 25.7 Å². The average Bonchev–Trinajstić information content (AvgIpc) is 2.79. The number of fused-ring (bicyclic) bond motifs is 3. The number of carbonyl (C=O) groups is 2. The molecule has 4 unspecified atom stereocenters. The third-order valence-electron chi connectivity index (χ3n) is 6.87. The number of alkyl carbamates (subject to hydrolysis) is 1.